The van der Waals surface area contributed by atoms with Gasteiger partial charge in [0.15, 0.2) is 10.9 Å². The third-order valence-electron chi connectivity index (χ3n) is 2.83. The van der Waals surface area contributed by atoms with Crippen LogP contribution in [-0.4, -0.2) is 23.2 Å². The van der Waals surface area contributed by atoms with E-state index in [1.807, 2.05) is 6.92 Å². The third-order valence-corrected chi connectivity index (χ3v) is 3.71. The fraction of sp³-hybridized carbons (Fsp3) is 0.267. The number of allylic oxidation sites excluding steroid dienone is 1. The van der Waals surface area contributed by atoms with Crippen LogP contribution >= 0.6 is 11.3 Å². The maximum Gasteiger partial charge on any atom is 0.225 e. The monoisotopic (exact) mass is 304 g/mol. The molecule has 0 saturated carbocycles. The van der Waals surface area contributed by atoms with Gasteiger partial charge in [0.05, 0.1) is 5.69 Å². The number of carbonyl (C=O) groups excluding carboxylic acids is 2. The van der Waals surface area contributed by atoms with Crippen molar-refractivity contribution in [2.24, 2.45) is 0 Å². The smallest absolute Gasteiger partial charge is 0.225 e. The van der Waals surface area contributed by atoms with Gasteiger partial charge in [-0.1, -0.05) is 0 Å². The number of aromatic nitrogens is 1. The lowest BCUT2D eigenvalue weighted by molar-refractivity contribution is -0.116. The molecule has 2 heterocycles. The zero-order valence-corrected chi connectivity index (χ0v) is 12.9. The van der Waals surface area contributed by atoms with Gasteiger partial charge < -0.3 is 4.42 Å². The molecule has 0 aliphatic heterocycles. The van der Waals surface area contributed by atoms with Gasteiger partial charge in [0.2, 0.25) is 11.7 Å². The minimum Gasteiger partial charge on any atom is -0.458 e. The van der Waals surface area contributed by atoms with Crippen molar-refractivity contribution < 1.29 is 14.0 Å². The SMILES string of the molecule is CCN(C(C)=O)c1nc(/C=C/C(=O)c2ccc(C)o2)cs1. The summed E-state index contributed by atoms with van der Waals surface area (Å²) in [5, 5.41) is 2.43. The Kier molecular flexibility index (Phi) is 4.70. The van der Waals surface area contributed by atoms with Crippen LogP contribution in [-0.2, 0) is 4.79 Å². The normalized spacial score (nSPS) is 11.0. The molecule has 0 fully saturated rings. The second kappa shape index (κ2) is 6.49. The quantitative estimate of drug-likeness (QED) is 0.628. The molecule has 0 aromatic carbocycles. The lowest BCUT2D eigenvalue weighted by atomic mass is 10.2. The molecule has 0 N–H and O–H groups in total. The van der Waals surface area contributed by atoms with Gasteiger partial charge in [-0.15, -0.1) is 11.3 Å². The highest BCUT2D eigenvalue weighted by Gasteiger charge is 2.13. The summed E-state index contributed by atoms with van der Waals surface area (Å²) < 4.78 is 5.25. The fourth-order valence-corrected chi connectivity index (χ4v) is 2.68. The van der Waals surface area contributed by atoms with Crippen molar-refractivity contribution in [2.45, 2.75) is 20.8 Å². The lowest BCUT2D eigenvalue weighted by Crippen LogP contribution is -2.27. The van der Waals surface area contributed by atoms with Gasteiger partial charge in [0, 0.05) is 18.8 Å². The highest BCUT2D eigenvalue weighted by molar-refractivity contribution is 7.14. The minimum absolute atomic E-state index is 0.0514. The third kappa shape index (κ3) is 3.66. The van der Waals surface area contributed by atoms with Gasteiger partial charge >= 0.3 is 0 Å². The van der Waals surface area contributed by atoms with Crippen molar-refractivity contribution >= 4 is 34.2 Å². The van der Waals surface area contributed by atoms with Crippen LogP contribution in [0.15, 0.2) is 28.0 Å². The van der Waals surface area contributed by atoms with Crippen LogP contribution in [0.2, 0.25) is 0 Å². The molecule has 110 valence electrons. The molecule has 6 heteroatoms. The first kappa shape index (κ1) is 15.2. The predicted octanol–water partition coefficient (Wildman–Crippen LogP) is 3.31. The van der Waals surface area contributed by atoms with Gasteiger partial charge in [0.25, 0.3) is 0 Å². The van der Waals surface area contributed by atoms with Crippen molar-refractivity contribution in [1.82, 2.24) is 4.98 Å². The average Bonchev–Trinajstić information content (AvgIpc) is 3.06. The molecular weight excluding hydrogens is 288 g/mol. The van der Waals surface area contributed by atoms with Crippen molar-refractivity contribution in [1.29, 1.82) is 0 Å². The molecule has 2 aromatic heterocycles. The maximum absolute atomic E-state index is 11.9. The second-order valence-electron chi connectivity index (χ2n) is 4.43. The number of rotatable bonds is 5. The largest absolute Gasteiger partial charge is 0.458 e. The summed E-state index contributed by atoms with van der Waals surface area (Å²) in [6.07, 6.45) is 3.04. The summed E-state index contributed by atoms with van der Waals surface area (Å²) in [4.78, 5) is 29.2. The van der Waals surface area contributed by atoms with E-state index in [1.165, 1.54) is 24.3 Å². The van der Waals surface area contributed by atoms with Gasteiger partial charge in [0.1, 0.15) is 5.76 Å². The van der Waals surface area contributed by atoms with Gasteiger partial charge in [-0.05, 0) is 38.1 Å². The molecule has 0 spiro atoms. The molecule has 2 aromatic rings. The van der Waals surface area contributed by atoms with E-state index >= 15 is 0 Å². The second-order valence-corrected chi connectivity index (χ2v) is 5.26. The van der Waals surface area contributed by atoms with Gasteiger partial charge in [-0.25, -0.2) is 4.98 Å². The topological polar surface area (TPSA) is 63.4 Å². The lowest BCUT2D eigenvalue weighted by Gasteiger charge is -2.14. The molecule has 0 atom stereocenters. The summed E-state index contributed by atoms with van der Waals surface area (Å²) in [5.41, 5.74) is 0.645. The standard InChI is InChI=1S/C15H16N2O3S/c1-4-17(11(3)18)15-16-12(9-21-15)6-7-13(19)14-8-5-10(2)20-14/h5-9H,4H2,1-3H3/b7-6+. The molecule has 5 nitrogen and oxygen atoms in total. The fourth-order valence-electron chi connectivity index (χ4n) is 1.78. The summed E-state index contributed by atoms with van der Waals surface area (Å²) in [7, 11) is 0. The number of hydrogen-bond donors (Lipinski definition) is 0. The maximum atomic E-state index is 11.9. The number of nitrogens with zero attached hydrogens (tertiary/aromatic N) is 2. The summed E-state index contributed by atoms with van der Waals surface area (Å²) in [6.45, 7) is 5.75. The Labute approximate surface area is 126 Å². The van der Waals surface area contributed by atoms with Crippen molar-refractivity contribution in [3.63, 3.8) is 0 Å². The number of aryl methyl sites for hydroxylation is 1. The van der Waals surface area contributed by atoms with Crippen molar-refractivity contribution in [3.8, 4) is 0 Å². The first-order chi connectivity index (χ1) is 10.0. The Morgan fingerprint density at radius 3 is 2.76 bits per heavy atom. The van der Waals surface area contributed by atoms with Crippen LogP contribution in [0.3, 0.4) is 0 Å². The zero-order valence-electron chi connectivity index (χ0n) is 12.1. The highest BCUT2D eigenvalue weighted by atomic mass is 32.1. The molecular formula is C15H16N2O3S. The van der Waals surface area contributed by atoms with E-state index in [-0.39, 0.29) is 11.7 Å². The van der Waals surface area contributed by atoms with E-state index in [4.69, 9.17) is 4.42 Å². The van der Waals surface area contributed by atoms with Crippen LogP contribution in [0.1, 0.15) is 35.9 Å². The first-order valence-corrected chi connectivity index (χ1v) is 7.41. The minimum atomic E-state index is -0.212. The molecule has 21 heavy (non-hydrogen) atoms. The number of hydrogen-bond acceptors (Lipinski definition) is 5. The van der Waals surface area contributed by atoms with E-state index in [0.29, 0.717) is 28.9 Å². The zero-order chi connectivity index (χ0) is 15.4. The molecule has 0 aliphatic rings. The van der Waals surface area contributed by atoms with Crippen molar-refractivity contribution in [2.75, 3.05) is 11.4 Å². The van der Waals surface area contributed by atoms with E-state index in [9.17, 15) is 9.59 Å². The molecule has 0 radical (unpaired) electrons. The summed E-state index contributed by atoms with van der Waals surface area (Å²) in [6, 6.07) is 3.39. The van der Waals surface area contributed by atoms with Crippen LogP contribution in [0.4, 0.5) is 5.13 Å². The highest BCUT2D eigenvalue weighted by Crippen LogP contribution is 2.21. The molecule has 2 rings (SSSR count). The van der Waals surface area contributed by atoms with Crippen LogP contribution in [0.5, 0.6) is 0 Å². The van der Waals surface area contributed by atoms with Gasteiger partial charge in [-0.2, -0.15) is 0 Å². The Hall–Kier alpha value is -2.21. The Bertz CT molecular complexity index is 685. The Morgan fingerprint density at radius 1 is 1.43 bits per heavy atom. The van der Waals surface area contributed by atoms with E-state index in [1.54, 1.807) is 35.4 Å². The van der Waals surface area contributed by atoms with Crippen molar-refractivity contribution in [3.05, 3.63) is 40.8 Å². The number of anilines is 1. The van der Waals surface area contributed by atoms with Crippen LogP contribution in [0, 0.1) is 6.92 Å². The number of amides is 1. The van der Waals surface area contributed by atoms with E-state index in [0.717, 1.165) is 0 Å². The van der Waals surface area contributed by atoms with Crippen LogP contribution in [0.25, 0.3) is 6.08 Å². The average molecular weight is 304 g/mol. The number of carbonyl (C=O) groups is 2. The van der Waals surface area contributed by atoms with E-state index in [2.05, 4.69) is 4.98 Å². The predicted molar refractivity (Wildman–Crippen MR) is 82.6 cm³/mol. The van der Waals surface area contributed by atoms with Gasteiger partial charge in [-0.3, -0.25) is 14.5 Å². The molecule has 0 saturated heterocycles. The Morgan fingerprint density at radius 2 is 2.19 bits per heavy atom. The molecule has 1 amide bonds. The number of thiazole rings is 1. The summed E-state index contributed by atoms with van der Waals surface area (Å²) in [5.74, 6) is 0.738. The first-order valence-electron chi connectivity index (χ1n) is 6.53. The molecule has 0 aliphatic carbocycles. The number of furan rings is 1. The van der Waals surface area contributed by atoms with E-state index < -0.39 is 0 Å². The number of ketones is 1. The molecule has 0 bridgehead atoms. The summed E-state index contributed by atoms with van der Waals surface area (Å²) >= 11 is 1.37. The Balaban J connectivity index is 2.10. The molecule has 0 unspecified atom stereocenters. The van der Waals surface area contributed by atoms with Crippen LogP contribution < -0.4 is 4.90 Å².